The van der Waals surface area contributed by atoms with Crippen molar-refractivity contribution in [1.82, 2.24) is 10.2 Å². The largest absolute Gasteiger partial charge is 0.411 e. The zero-order valence-electron chi connectivity index (χ0n) is 8.73. The number of benzene rings is 1. The summed E-state index contributed by atoms with van der Waals surface area (Å²) in [5.74, 6) is 1.53. The first-order valence-electron chi connectivity index (χ1n) is 4.83. The van der Waals surface area contributed by atoms with E-state index in [0.29, 0.717) is 11.1 Å². The van der Waals surface area contributed by atoms with Crippen molar-refractivity contribution in [2.24, 2.45) is 0 Å². The standard InChI is InChI=1S/C11H12N2OS/c1-3-15-11-13-12-10(14-11)9-6-4-5-8(2)7-9/h4-7H,3H2,1-2H3. The number of hydrogen-bond acceptors (Lipinski definition) is 4. The maximum Gasteiger partial charge on any atom is 0.276 e. The van der Waals surface area contributed by atoms with Gasteiger partial charge < -0.3 is 4.42 Å². The van der Waals surface area contributed by atoms with Gasteiger partial charge in [-0.3, -0.25) is 0 Å². The van der Waals surface area contributed by atoms with Crippen molar-refractivity contribution in [2.45, 2.75) is 19.1 Å². The molecule has 1 aromatic carbocycles. The lowest BCUT2D eigenvalue weighted by Gasteiger charge is -1.95. The summed E-state index contributed by atoms with van der Waals surface area (Å²) in [4.78, 5) is 0. The Morgan fingerprint density at radius 1 is 1.33 bits per heavy atom. The quantitative estimate of drug-likeness (QED) is 0.745. The van der Waals surface area contributed by atoms with E-state index in [2.05, 4.69) is 17.1 Å². The molecule has 0 unspecified atom stereocenters. The zero-order chi connectivity index (χ0) is 10.7. The molecule has 0 aliphatic carbocycles. The predicted octanol–water partition coefficient (Wildman–Crippen LogP) is 3.16. The fourth-order valence-corrected chi connectivity index (χ4v) is 1.77. The normalized spacial score (nSPS) is 10.5. The third-order valence-corrected chi connectivity index (χ3v) is 2.64. The van der Waals surface area contributed by atoms with Crippen molar-refractivity contribution in [3.05, 3.63) is 29.8 Å². The second kappa shape index (κ2) is 4.49. The van der Waals surface area contributed by atoms with Gasteiger partial charge in [0.1, 0.15) is 0 Å². The SMILES string of the molecule is CCSc1nnc(-c2cccc(C)c2)o1. The van der Waals surface area contributed by atoms with E-state index in [-0.39, 0.29) is 0 Å². The minimum Gasteiger partial charge on any atom is -0.411 e. The Hall–Kier alpha value is -1.29. The summed E-state index contributed by atoms with van der Waals surface area (Å²) in [6, 6.07) is 8.04. The van der Waals surface area contributed by atoms with Crippen LogP contribution >= 0.6 is 11.8 Å². The Kier molecular flexibility index (Phi) is 3.06. The molecule has 2 rings (SSSR count). The summed E-state index contributed by atoms with van der Waals surface area (Å²) in [6.07, 6.45) is 0. The van der Waals surface area contributed by atoms with Crippen molar-refractivity contribution in [3.8, 4) is 11.5 Å². The zero-order valence-corrected chi connectivity index (χ0v) is 9.54. The fraction of sp³-hybridized carbons (Fsp3) is 0.273. The Morgan fingerprint density at radius 3 is 2.93 bits per heavy atom. The van der Waals surface area contributed by atoms with Crippen LogP contribution in [0.25, 0.3) is 11.5 Å². The average Bonchev–Trinajstić information content (AvgIpc) is 2.67. The molecule has 78 valence electrons. The van der Waals surface area contributed by atoms with E-state index in [1.54, 1.807) is 11.8 Å². The van der Waals surface area contributed by atoms with Crippen LogP contribution in [0.2, 0.25) is 0 Å². The number of hydrogen-bond donors (Lipinski definition) is 0. The Morgan fingerprint density at radius 2 is 2.20 bits per heavy atom. The van der Waals surface area contributed by atoms with Gasteiger partial charge in [0.05, 0.1) is 0 Å². The lowest BCUT2D eigenvalue weighted by Crippen LogP contribution is -1.78. The Labute approximate surface area is 92.9 Å². The van der Waals surface area contributed by atoms with Crippen LogP contribution in [0.15, 0.2) is 33.9 Å². The molecule has 0 radical (unpaired) electrons. The summed E-state index contributed by atoms with van der Waals surface area (Å²) in [5.41, 5.74) is 2.17. The third-order valence-electron chi connectivity index (χ3n) is 1.94. The van der Waals surface area contributed by atoms with Crippen LogP contribution in [0.3, 0.4) is 0 Å². The highest BCUT2D eigenvalue weighted by atomic mass is 32.2. The molecule has 0 saturated carbocycles. The molecule has 0 bridgehead atoms. The fourth-order valence-electron chi connectivity index (χ4n) is 1.29. The van der Waals surface area contributed by atoms with Gasteiger partial charge in [0, 0.05) is 5.56 Å². The molecule has 0 saturated heterocycles. The molecular weight excluding hydrogens is 208 g/mol. The molecule has 4 heteroatoms. The summed E-state index contributed by atoms with van der Waals surface area (Å²) in [7, 11) is 0. The molecule has 0 amide bonds. The van der Waals surface area contributed by atoms with Gasteiger partial charge in [0.15, 0.2) is 0 Å². The minimum absolute atomic E-state index is 0.592. The molecular formula is C11H12N2OS. The first-order chi connectivity index (χ1) is 7.29. The average molecular weight is 220 g/mol. The summed E-state index contributed by atoms with van der Waals surface area (Å²) >= 11 is 1.55. The Balaban J connectivity index is 2.29. The van der Waals surface area contributed by atoms with Crippen LogP contribution in [0.4, 0.5) is 0 Å². The van der Waals surface area contributed by atoms with Gasteiger partial charge in [-0.25, -0.2) is 0 Å². The lowest BCUT2D eigenvalue weighted by atomic mass is 10.1. The summed E-state index contributed by atoms with van der Waals surface area (Å²) in [6.45, 7) is 4.10. The smallest absolute Gasteiger partial charge is 0.276 e. The summed E-state index contributed by atoms with van der Waals surface area (Å²) in [5, 5.41) is 8.60. The number of aryl methyl sites for hydroxylation is 1. The second-order valence-corrected chi connectivity index (χ2v) is 4.39. The molecule has 0 aliphatic heterocycles. The molecule has 0 atom stereocenters. The van der Waals surface area contributed by atoms with E-state index in [0.717, 1.165) is 11.3 Å². The molecule has 0 N–H and O–H groups in total. The summed E-state index contributed by atoms with van der Waals surface area (Å²) < 4.78 is 5.51. The monoisotopic (exact) mass is 220 g/mol. The maximum atomic E-state index is 5.51. The number of nitrogens with zero attached hydrogens (tertiary/aromatic N) is 2. The van der Waals surface area contributed by atoms with Gasteiger partial charge >= 0.3 is 0 Å². The van der Waals surface area contributed by atoms with Gasteiger partial charge in [-0.2, -0.15) is 0 Å². The molecule has 2 aromatic rings. The molecule has 15 heavy (non-hydrogen) atoms. The lowest BCUT2D eigenvalue weighted by molar-refractivity contribution is 0.466. The highest BCUT2D eigenvalue weighted by molar-refractivity contribution is 7.99. The van der Waals surface area contributed by atoms with Crippen LogP contribution in [0.5, 0.6) is 0 Å². The first kappa shape index (κ1) is 10.2. The van der Waals surface area contributed by atoms with Crippen LogP contribution in [0.1, 0.15) is 12.5 Å². The molecule has 0 fully saturated rings. The topological polar surface area (TPSA) is 38.9 Å². The maximum absolute atomic E-state index is 5.51. The number of thioether (sulfide) groups is 1. The van der Waals surface area contributed by atoms with Crippen LogP contribution in [-0.2, 0) is 0 Å². The minimum atomic E-state index is 0.592. The predicted molar refractivity (Wildman–Crippen MR) is 60.9 cm³/mol. The molecule has 0 spiro atoms. The van der Waals surface area contributed by atoms with Crippen LogP contribution < -0.4 is 0 Å². The van der Waals surface area contributed by atoms with Crippen LogP contribution in [0, 0.1) is 6.92 Å². The third kappa shape index (κ3) is 2.39. The van der Waals surface area contributed by atoms with Crippen LogP contribution in [-0.4, -0.2) is 16.0 Å². The number of aromatic nitrogens is 2. The molecule has 1 aromatic heterocycles. The van der Waals surface area contributed by atoms with Crippen molar-refractivity contribution in [2.75, 3.05) is 5.75 Å². The van der Waals surface area contributed by atoms with E-state index in [9.17, 15) is 0 Å². The molecule has 0 aliphatic rings. The van der Waals surface area contributed by atoms with Crippen molar-refractivity contribution in [1.29, 1.82) is 0 Å². The van der Waals surface area contributed by atoms with E-state index >= 15 is 0 Å². The van der Waals surface area contributed by atoms with Gasteiger partial charge in [0.25, 0.3) is 5.22 Å². The highest BCUT2D eigenvalue weighted by Crippen LogP contribution is 2.23. The first-order valence-corrected chi connectivity index (χ1v) is 5.81. The number of rotatable bonds is 3. The van der Waals surface area contributed by atoms with Gasteiger partial charge in [-0.15, -0.1) is 10.2 Å². The van der Waals surface area contributed by atoms with Gasteiger partial charge in [-0.1, -0.05) is 36.4 Å². The second-order valence-electron chi connectivity index (χ2n) is 3.18. The van der Waals surface area contributed by atoms with E-state index in [1.807, 2.05) is 31.2 Å². The molecule has 1 heterocycles. The van der Waals surface area contributed by atoms with E-state index in [1.165, 1.54) is 5.56 Å². The van der Waals surface area contributed by atoms with Gasteiger partial charge in [-0.05, 0) is 24.8 Å². The highest BCUT2D eigenvalue weighted by Gasteiger charge is 2.07. The Bertz CT molecular complexity index is 453. The van der Waals surface area contributed by atoms with Crippen molar-refractivity contribution in [3.63, 3.8) is 0 Å². The van der Waals surface area contributed by atoms with Crippen molar-refractivity contribution >= 4 is 11.8 Å². The van der Waals surface area contributed by atoms with E-state index in [4.69, 9.17) is 4.42 Å². The van der Waals surface area contributed by atoms with Crippen molar-refractivity contribution < 1.29 is 4.42 Å². The van der Waals surface area contributed by atoms with E-state index < -0.39 is 0 Å². The van der Waals surface area contributed by atoms with Gasteiger partial charge in [0.2, 0.25) is 5.89 Å². The molecule has 3 nitrogen and oxygen atoms in total.